The van der Waals surface area contributed by atoms with Gasteiger partial charge in [-0.05, 0) is 99.8 Å². The quantitative estimate of drug-likeness (QED) is 0.809. The third kappa shape index (κ3) is 2.53. The molecule has 28 heavy (non-hydrogen) atoms. The highest BCUT2D eigenvalue weighted by Crippen LogP contribution is 2.61. The van der Waals surface area contributed by atoms with E-state index in [1.165, 1.54) is 74.9 Å². The Hall–Kier alpha value is -1.97. The fraction of sp³-hybridized carbons (Fsp3) is 0.625. The smallest absolute Gasteiger partial charge is 0.133 e. The molecule has 4 heteroatoms. The van der Waals surface area contributed by atoms with Gasteiger partial charge in [0, 0.05) is 17.5 Å². The monoisotopic (exact) mass is 377 g/mol. The summed E-state index contributed by atoms with van der Waals surface area (Å²) < 4.78 is 7.56. The number of nitrogens with zero attached hydrogens (tertiary/aromatic N) is 2. The molecule has 7 rings (SSSR count). The minimum absolute atomic E-state index is 0.350. The van der Waals surface area contributed by atoms with Crippen LogP contribution in [-0.2, 0) is 11.8 Å². The summed E-state index contributed by atoms with van der Waals surface area (Å²) in [5.41, 5.74) is 4.47. The zero-order valence-corrected chi connectivity index (χ0v) is 16.9. The van der Waals surface area contributed by atoms with Gasteiger partial charge in [0.15, 0.2) is 0 Å². The summed E-state index contributed by atoms with van der Waals surface area (Å²) in [7, 11) is 1.72. The van der Waals surface area contributed by atoms with Crippen molar-refractivity contribution < 1.29 is 4.74 Å². The van der Waals surface area contributed by atoms with E-state index in [1.54, 1.807) is 7.11 Å². The number of ether oxygens (including phenoxy) is 1. The zero-order valence-electron chi connectivity index (χ0n) is 16.9. The Bertz CT molecular complexity index is 847. The van der Waals surface area contributed by atoms with Crippen LogP contribution in [0.15, 0.2) is 24.3 Å². The van der Waals surface area contributed by atoms with Crippen LogP contribution in [-0.4, -0.2) is 23.4 Å². The van der Waals surface area contributed by atoms with Gasteiger partial charge in [0.1, 0.15) is 11.6 Å². The Kier molecular flexibility index (Phi) is 3.79. The van der Waals surface area contributed by atoms with Gasteiger partial charge < -0.3 is 10.1 Å². The van der Waals surface area contributed by atoms with E-state index in [2.05, 4.69) is 22.1 Å². The summed E-state index contributed by atoms with van der Waals surface area (Å²) >= 11 is 0. The number of benzene rings is 1. The summed E-state index contributed by atoms with van der Waals surface area (Å²) in [4.78, 5) is 0. The first-order valence-corrected chi connectivity index (χ1v) is 11.2. The van der Waals surface area contributed by atoms with Crippen molar-refractivity contribution in [3.8, 4) is 11.4 Å². The van der Waals surface area contributed by atoms with Crippen LogP contribution in [0.5, 0.6) is 5.75 Å². The van der Waals surface area contributed by atoms with Crippen molar-refractivity contribution in [3.63, 3.8) is 0 Å². The first-order valence-electron chi connectivity index (χ1n) is 11.2. The van der Waals surface area contributed by atoms with Gasteiger partial charge in [0.05, 0.1) is 18.5 Å². The van der Waals surface area contributed by atoms with Gasteiger partial charge in [-0.25, -0.2) is 4.68 Å². The zero-order chi connectivity index (χ0) is 18.7. The SMILES string of the molecule is COc1ccc(-n2nc(C34CC5CC(CC(C5)C3)C4)c3c2NCCCC3)cc1. The average Bonchev–Trinajstić information content (AvgIpc) is 2.89. The summed E-state index contributed by atoms with van der Waals surface area (Å²) in [5.74, 6) is 5.01. The topological polar surface area (TPSA) is 39.1 Å². The Morgan fingerprint density at radius 1 is 1.00 bits per heavy atom. The fourth-order valence-corrected chi connectivity index (χ4v) is 7.24. The number of methoxy groups -OCH3 is 1. The molecule has 0 amide bonds. The predicted octanol–water partition coefficient (Wildman–Crippen LogP) is 5.10. The molecule has 1 N–H and O–H groups in total. The van der Waals surface area contributed by atoms with Gasteiger partial charge in [-0.3, -0.25) is 0 Å². The molecule has 4 nitrogen and oxygen atoms in total. The molecule has 2 heterocycles. The third-order valence-electron chi connectivity index (χ3n) is 7.99. The summed E-state index contributed by atoms with van der Waals surface area (Å²) in [6.45, 7) is 1.05. The van der Waals surface area contributed by atoms with Crippen LogP contribution in [0.25, 0.3) is 5.69 Å². The molecule has 4 bridgehead atoms. The second kappa shape index (κ2) is 6.27. The first-order chi connectivity index (χ1) is 13.7. The Labute approximate surface area is 167 Å². The van der Waals surface area contributed by atoms with Crippen molar-refractivity contribution in [1.82, 2.24) is 9.78 Å². The Morgan fingerprint density at radius 3 is 2.32 bits per heavy atom. The number of aromatic nitrogens is 2. The number of rotatable bonds is 3. The minimum atomic E-state index is 0.350. The molecule has 4 fully saturated rings. The second-order valence-corrected chi connectivity index (χ2v) is 9.87. The van der Waals surface area contributed by atoms with Crippen LogP contribution in [0.4, 0.5) is 5.82 Å². The van der Waals surface area contributed by atoms with Gasteiger partial charge in [-0.1, -0.05) is 0 Å². The summed E-state index contributed by atoms with van der Waals surface area (Å²) in [6, 6.07) is 8.37. The lowest BCUT2D eigenvalue weighted by Gasteiger charge is -2.56. The number of nitrogens with one attached hydrogen (secondary N) is 1. The maximum Gasteiger partial charge on any atom is 0.133 e. The Balaban J connectivity index is 1.48. The lowest BCUT2D eigenvalue weighted by molar-refractivity contribution is -0.00773. The van der Waals surface area contributed by atoms with Crippen molar-refractivity contribution in [3.05, 3.63) is 35.5 Å². The van der Waals surface area contributed by atoms with E-state index in [-0.39, 0.29) is 0 Å². The molecule has 0 radical (unpaired) electrons. The first kappa shape index (κ1) is 16.9. The molecule has 4 aliphatic carbocycles. The van der Waals surface area contributed by atoms with Gasteiger partial charge in [0.25, 0.3) is 0 Å². The van der Waals surface area contributed by atoms with E-state index in [1.807, 2.05) is 12.1 Å². The van der Waals surface area contributed by atoms with Crippen LogP contribution in [0.3, 0.4) is 0 Å². The van der Waals surface area contributed by atoms with E-state index < -0.39 is 0 Å². The van der Waals surface area contributed by atoms with E-state index >= 15 is 0 Å². The molecule has 1 aromatic heterocycles. The second-order valence-electron chi connectivity index (χ2n) is 9.87. The van der Waals surface area contributed by atoms with Crippen molar-refractivity contribution in [1.29, 1.82) is 0 Å². The lowest BCUT2D eigenvalue weighted by atomic mass is 9.48. The molecular weight excluding hydrogens is 346 g/mol. The van der Waals surface area contributed by atoms with E-state index in [0.29, 0.717) is 5.41 Å². The van der Waals surface area contributed by atoms with Gasteiger partial charge in [-0.15, -0.1) is 0 Å². The molecule has 0 saturated heterocycles. The normalized spacial score (nSPS) is 33.2. The van der Waals surface area contributed by atoms with Gasteiger partial charge >= 0.3 is 0 Å². The van der Waals surface area contributed by atoms with Crippen molar-refractivity contribution in [2.45, 2.75) is 63.2 Å². The molecule has 0 spiro atoms. The van der Waals surface area contributed by atoms with Crippen molar-refractivity contribution in [2.75, 3.05) is 19.0 Å². The van der Waals surface area contributed by atoms with Crippen molar-refractivity contribution >= 4 is 5.82 Å². The van der Waals surface area contributed by atoms with Gasteiger partial charge in [-0.2, -0.15) is 5.10 Å². The number of hydrogen-bond donors (Lipinski definition) is 1. The molecule has 1 aromatic carbocycles. The van der Waals surface area contributed by atoms with Crippen LogP contribution in [0, 0.1) is 17.8 Å². The molecular formula is C24H31N3O. The molecule has 2 aromatic rings. The summed E-state index contributed by atoms with van der Waals surface area (Å²) in [6.07, 6.45) is 12.3. The number of hydrogen-bond acceptors (Lipinski definition) is 3. The number of anilines is 1. The van der Waals surface area contributed by atoms with E-state index in [0.717, 1.165) is 35.7 Å². The summed E-state index contributed by atoms with van der Waals surface area (Å²) in [5, 5.41) is 9.11. The van der Waals surface area contributed by atoms with E-state index in [4.69, 9.17) is 9.84 Å². The highest BCUT2D eigenvalue weighted by atomic mass is 16.5. The molecule has 0 atom stereocenters. The van der Waals surface area contributed by atoms with E-state index in [9.17, 15) is 0 Å². The third-order valence-corrected chi connectivity index (χ3v) is 7.99. The van der Waals surface area contributed by atoms with Crippen LogP contribution >= 0.6 is 0 Å². The lowest BCUT2D eigenvalue weighted by Crippen LogP contribution is -2.49. The maximum absolute atomic E-state index is 5.36. The van der Waals surface area contributed by atoms with Crippen LogP contribution < -0.4 is 10.1 Å². The minimum Gasteiger partial charge on any atom is -0.497 e. The van der Waals surface area contributed by atoms with Crippen LogP contribution in [0.1, 0.15) is 62.6 Å². The highest BCUT2D eigenvalue weighted by Gasteiger charge is 2.53. The van der Waals surface area contributed by atoms with Gasteiger partial charge in [0.2, 0.25) is 0 Å². The predicted molar refractivity (Wildman–Crippen MR) is 111 cm³/mol. The largest absolute Gasteiger partial charge is 0.497 e. The molecule has 4 saturated carbocycles. The van der Waals surface area contributed by atoms with Crippen LogP contribution in [0.2, 0.25) is 0 Å². The van der Waals surface area contributed by atoms with Crippen molar-refractivity contribution in [2.24, 2.45) is 17.8 Å². The fourth-order valence-electron chi connectivity index (χ4n) is 7.24. The molecule has 148 valence electrons. The standard InChI is InChI=1S/C24H31N3O/c1-28-20-7-5-19(6-8-20)27-23-21(4-2-3-9-25-23)22(26-27)24-13-16-10-17(14-24)12-18(11-16)15-24/h5-8,16-18,25H,2-4,9-15H2,1H3. The Morgan fingerprint density at radius 2 is 1.68 bits per heavy atom. The molecule has 0 unspecified atom stereocenters. The molecule has 1 aliphatic heterocycles. The average molecular weight is 378 g/mol. The highest BCUT2D eigenvalue weighted by molar-refractivity contribution is 5.56. The molecule has 5 aliphatic rings. The number of fused-ring (bicyclic) bond motifs is 1. The maximum atomic E-state index is 5.36.